The molecule has 0 aliphatic rings. The molecule has 0 saturated carbocycles. The summed E-state index contributed by atoms with van der Waals surface area (Å²) in [6, 6.07) is 0. The van der Waals surface area contributed by atoms with Crippen LogP contribution < -0.4 is 0 Å². The molecule has 0 unspecified atom stereocenters. The lowest BCUT2D eigenvalue weighted by atomic mass is 9.90. The van der Waals surface area contributed by atoms with Gasteiger partial charge in [0.2, 0.25) is 0 Å². The quantitative estimate of drug-likeness (QED) is 0.558. The molecule has 56 valence electrons. The van der Waals surface area contributed by atoms with Gasteiger partial charge in [0.25, 0.3) is 0 Å². The number of rotatable bonds is 2. The van der Waals surface area contributed by atoms with E-state index in [1.165, 1.54) is 0 Å². The summed E-state index contributed by atoms with van der Waals surface area (Å²) in [5, 5.41) is 0. The normalized spacial score (nSPS) is 15.7. The first-order valence-electron chi connectivity index (χ1n) is 3.48. The molecule has 0 aromatic heterocycles. The zero-order chi connectivity index (χ0) is 7.49. The van der Waals surface area contributed by atoms with Crippen LogP contribution in [0.4, 0.5) is 0 Å². The zero-order valence-corrected chi connectivity index (χ0v) is 7.19. The van der Waals surface area contributed by atoms with Crippen LogP contribution in [0.15, 0.2) is 0 Å². The fourth-order valence-corrected chi connectivity index (χ4v) is 0.946. The van der Waals surface area contributed by atoms with Gasteiger partial charge in [0, 0.05) is 7.11 Å². The van der Waals surface area contributed by atoms with Crippen LogP contribution in [0, 0.1) is 5.41 Å². The first kappa shape index (κ1) is 8.96. The van der Waals surface area contributed by atoms with Crippen molar-refractivity contribution < 1.29 is 4.74 Å². The highest BCUT2D eigenvalue weighted by Crippen LogP contribution is 2.21. The van der Waals surface area contributed by atoms with Gasteiger partial charge in [-0.15, -0.1) is 0 Å². The lowest BCUT2D eigenvalue weighted by Crippen LogP contribution is -2.16. The van der Waals surface area contributed by atoms with Crippen LogP contribution in [0.2, 0.25) is 0 Å². The smallest absolute Gasteiger partial charge is 0.0548 e. The van der Waals surface area contributed by atoms with E-state index in [0.29, 0.717) is 11.5 Å². The molecule has 0 aliphatic heterocycles. The van der Waals surface area contributed by atoms with Crippen molar-refractivity contribution in [3.8, 4) is 0 Å². The molecule has 0 saturated heterocycles. The van der Waals surface area contributed by atoms with E-state index < -0.39 is 0 Å². The molecule has 0 aromatic rings. The first-order valence-corrected chi connectivity index (χ1v) is 3.48. The van der Waals surface area contributed by atoms with Crippen molar-refractivity contribution >= 4 is 0 Å². The van der Waals surface area contributed by atoms with Crippen molar-refractivity contribution in [3.05, 3.63) is 0 Å². The van der Waals surface area contributed by atoms with Crippen LogP contribution in [-0.4, -0.2) is 13.2 Å². The van der Waals surface area contributed by atoms with E-state index in [0.717, 1.165) is 6.42 Å². The van der Waals surface area contributed by atoms with Crippen LogP contribution in [0.5, 0.6) is 0 Å². The second kappa shape index (κ2) is 3.21. The van der Waals surface area contributed by atoms with Crippen molar-refractivity contribution in [2.45, 2.75) is 40.2 Å². The Labute approximate surface area is 58.4 Å². The molecule has 0 bridgehead atoms. The van der Waals surface area contributed by atoms with Crippen LogP contribution in [0.1, 0.15) is 34.1 Å². The summed E-state index contributed by atoms with van der Waals surface area (Å²) in [6.45, 7) is 8.78. The third-order valence-corrected chi connectivity index (χ3v) is 1.30. The van der Waals surface area contributed by atoms with Gasteiger partial charge in [-0.1, -0.05) is 20.8 Å². The summed E-state index contributed by atoms with van der Waals surface area (Å²) >= 11 is 0. The van der Waals surface area contributed by atoms with Crippen molar-refractivity contribution in [2.24, 2.45) is 5.41 Å². The van der Waals surface area contributed by atoms with E-state index in [9.17, 15) is 0 Å². The van der Waals surface area contributed by atoms with Crippen molar-refractivity contribution in [1.29, 1.82) is 0 Å². The summed E-state index contributed by atoms with van der Waals surface area (Å²) in [4.78, 5) is 0. The van der Waals surface area contributed by atoms with E-state index in [1.54, 1.807) is 7.11 Å². The minimum atomic E-state index is 0.394. The summed E-state index contributed by atoms with van der Waals surface area (Å²) in [7, 11) is 1.76. The van der Waals surface area contributed by atoms with Gasteiger partial charge in [-0.3, -0.25) is 0 Å². The van der Waals surface area contributed by atoms with Gasteiger partial charge in [-0.2, -0.15) is 0 Å². The van der Waals surface area contributed by atoms with E-state index in [2.05, 4.69) is 27.7 Å². The van der Waals surface area contributed by atoms with Gasteiger partial charge in [-0.05, 0) is 18.8 Å². The molecule has 0 heterocycles. The van der Waals surface area contributed by atoms with Gasteiger partial charge in [-0.25, -0.2) is 0 Å². The molecular weight excluding hydrogens is 112 g/mol. The lowest BCUT2D eigenvalue weighted by molar-refractivity contribution is 0.0806. The lowest BCUT2D eigenvalue weighted by Gasteiger charge is -2.21. The highest BCUT2D eigenvalue weighted by Gasteiger charge is 2.13. The Hall–Kier alpha value is -0.0400. The van der Waals surface area contributed by atoms with Gasteiger partial charge >= 0.3 is 0 Å². The fourth-order valence-electron chi connectivity index (χ4n) is 0.946. The average Bonchev–Trinajstić information content (AvgIpc) is 1.62. The van der Waals surface area contributed by atoms with Gasteiger partial charge in [0.15, 0.2) is 0 Å². The summed E-state index contributed by atoms with van der Waals surface area (Å²) in [5.74, 6) is 0. The molecule has 9 heavy (non-hydrogen) atoms. The Kier molecular flexibility index (Phi) is 3.20. The second-order valence-corrected chi connectivity index (χ2v) is 3.81. The topological polar surface area (TPSA) is 9.23 Å². The monoisotopic (exact) mass is 130 g/mol. The molecule has 1 nitrogen and oxygen atoms in total. The Morgan fingerprint density at radius 2 is 1.78 bits per heavy atom. The Morgan fingerprint density at radius 3 is 1.89 bits per heavy atom. The van der Waals surface area contributed by atoms with E-state index >= 15 is 0 Å². The van der Waals surface area contributed by atoms with E-state index in [-0.39, 0.29) is 0 Å². The molecule has 0 amide bonds. The largest absolute Gasteiger partial charge is 0.382 e. The SMILES string of the molecule is CO[C@@H](C)CC(C)(C)C. The zero-order valence-electron chi connectivity index (χ0n) is 7.19. The first-order chi connectivity index (χ1) is 3.95. The van der Waals surface area contributed by atoms with Gasteiger partial charge in [0.05, 0.1) is 6.10 Å². The molecule has 0 N–H and O–H groups in total. The molecule has 0 spiro atoms. The van der Waals surface area contributed by atoms with Gasteiger partial charge in [0.1, 0.15) is 0 Å². The number of hydrogen-bond donors (Lipinski definition) is 0. The molecule has 1 atom stereocenters. The van der Waals surface area contributed by atoms with Crippen LogP contribution in [0.3, 0.4) is 0 Å². The minimum Gasteiger partial charge on any atom is -0.382 e. The van der Waals surface area contributed by atoms with Crippen molar-refractivity contribution in [3.63, 3.8) is 0 Å². The predicted octanol–water partition coefficient (Wildman–Crippen LogP) is 2.46. The van der Waals surface area contributed by atoms with Gasteiger partial charge < -0.3 is 4.74 Å². The predicted molar refractivity (Wildman–Crippen MR) is 40.5 cm³/mol. The maximum atomic E-state index is 5.13. The van der Waals surface area contributed by atoms with Crippen LogP contribution >= 0.6 is 0 Å². The molecule has 0 aromatic carbocycles. The Morgan fingerprint density at radius 1 is 1.33 bits per heavy atom. The molecule has 0 radical (unpaired) electrons. The Bertz CT molecular complexity index is 71.1. The van der Waals surface area contributed by atoms with Crippen LogP contribution in [0.25, 0.3) is 0 Å². The van der Waals surface area contributed by atoms with Crippen molar-refractivity contribution in [2.75, 3.05) is 7.11 Å². The summed E-state index contributed by atoms with van der Waals surface area (Å²) in [5.41, 5.74) is 0.398. The maximum Gasteiger partial charge on any atom is 0.0548 e. The Balaban J connectivity index is 3.47. The molecule has 0 aliphatic carbocycles. The molecular formula is C8H18O. The number of hydrogen-bond acceptors (Lipinski definition) is 1. The highest BCUT2D eigenvalue weighted by molar-refractivity contribution is 4.65. The maximum absolute atomic E-state index is 5.13. The minimum absolute atomic E-state index is 0.394. The second-order valence-electron chi connectivity index (χ2n) is 3.81. The van der Waals surface area contributed by atoms with E-state index in [4.69, 9.17) is 4.74 Å². The number of methoxy groups -OCH3 is 1. The van der Waals surface area contributed by atoms with Crippen molar-refractivity contribution in [1.82, 2.24) is 0 Å². The summed E-state index contributed by atoms with van der Waals surface area (Å²) in [6.07, 6.45) is 1.52. The molecule has 0 fully saturated rings. The average molecular weight is 130 g/mol. The fraction of sp³-hybridized carbons (Fsp3) is 1.00. The molecule has 1 heteroatoms. The summed E-state index contributed by atoms with van der Waals surface area (Å²) < 4.78 is 5.13. The van der Waals surface area contributed by atoms with Crippen LogP contribution in [-0.2, 0) is 4.74 Å². The standard InChI is InChI=1S/C8H18O/c1-7(9-5)6-8(2,3)4/h7H,6H2,1-5H3/t7-/m0/s1. The third kappa shape index (κ3) is 5.84. The molecule has 0 rings (SSSR count). The van der Waals surface area contributed by atoms with E-state index in [1.807, 2.05) is 0 Å². The number of ether oxygens (including phenoxy) is 1. The highest BCUT2D eigenvalue weighted by atomic mass is 16.5. The third-order valence-electron chi connectivity index (χ3n) is 1.30.